The van der Waals surface area contributed by atoms with Crippen molar-refractivity contribution in [2.45, 2.75) is 31.7 Å². The van der Waals surface area contributed by atoms with Crippen LogP contribution in [0.1, 0.15) is 31.2 Å². The van der Waals surface area contributed by atoms with E-state index in [1.165, 1.54) is 6.08 Å². The lowest BCUT2D eigenvalue weighted by Gasteiger charge is -2.26. The molecule has 4 nitrogen and oxygen atoms in total. The molecule has 0 atom stereocenters. The van der Waals surface area contributed by atoms with E-state index in [0.29, 0.717) is 12.8 Å². The summed E-state index contributed by atoms with van der Waals surface area (Å²) in [5, 5.41) is 11.9. The van der Waals surface area contributed by atoms with Crippen molar-refractivity contribution in [3.05, 3.63) is 40.4 Å². The first-order valence-electron chi connectivity index (χ1n) is 7.01. The molecule has 1 aromatic carbocycles. The minimum absolute atomic E-state index is 0.0858. The van der Waals surface area contributed by atoms with Crippen LogP contribution in [-0.2, 0) is 9.59 Å². The molecular formula is C16H18BrNO3. The molecule has 0 radical (unpaired) electrons. The largest absolute Gasteiger partial charge is 0.481 e. The standard InChI is InChI=1S/C16H18BrNO3/c17-13-6-1-11(2-7-13)3-10-15(19)18-14-8-4-12(5-9-14)16(20)21/h1-3,6-7,10,12,14H,4-5,8-9H2,(H,18,19)(H,20,21)/b10-3+. The molecular weight excluding hydrogens is 334 g/mol. The van der Waals surface area contributed by atoms with Crippen molar-refractivity contribution in [2.75, 3.05) is 0 Å². The number of benzene rings is 1. The first-order chi connectivity index (χ1) is 10.0. The van der Waals surface area contributed by atoms with E-state index in [1.807, 2.05) is 24.3 Å². The lowest BCUT2D eigenvalue weighted by molar-refractivity contribution is -0.142. The third-order valence-electron chi connectivity index (χ3n) is 3.72. The van der Waals surface area contributed by atoms with Gasteiger partial charge in [-0.05, 0) is 49.5 Å². The molecule has 1 fully saturated rings. The van der Waals surface area contributed by atoms with Gasteiger partial charge in [0.15, 0.2) is 0 Å². The van der Waals surface area contributed by atoms with Gasteiger partial charge < -0.3 is 10.4 Å². The Morgan fingerprint density at radius 2 is 1.76 bits per heavy atom. The smallest absolute Gasteiger partial charge is 0.306 e. The van der Waals surface area contributed by atoms with Crippen LogP contribution in [0.2, 0.25) is 0 Å². The molecule has 1 aliphatic carbocycles. The van der Waals surface area contributed by atoms with Gasteiger partial charge in [0, 0.05) is 16.6 Å². The summed E-state index contributed by atoms with van der Waals surface area (Å²) in [6.07, 6.45) is 6.02. The van der Waals surface area contributed by atoms with Crippen molar-refractivity contribution < 1.29 is 14.7 Å². The monoisotopic (exact) mass is 351 g/mol. The van der Waals surface area contributed by atoms with Crippen LogP contribution in [0.4, 0.5) is 0 Å². The Kier molecular flexibility index (Phi) is 5.56. The van der Waals surface area contributed by atoms with Crippen LogP contribution >= 0.6 is 15.9 Å². The zero-order valence-corrected chi connectivity index (χ0v) is 13.2. The van der Waals surface area contributed by atoms with E-state index in [9.17, 15) is 9.59 Å². The van der Waals surface area contributed by atoms with Gasteiger partial charge in [0.2, 0.25) is 5.91 Å². The van der Waals surface area contributed by atoms with Crippen molar-refractivity contribution in [3.63, 3.8) is 0 Å². The second kappa shape index (κ2) is 7.41. The molecule has 0 bridgehead atoms. The van der Waals surface area contributed by atoms with Gasteiger partial charge in [-0.3, -0.25) is 9.59 Å². The number of carbonyl (C=O) groups is 2. The summed E-state index contributed by atoms with van der Waals surface area (Å²) in [6.45, 7) is 0. The molecule has 2 rings (SSSR count). The number of hydrogen-bond acceptors (Lipinski definition) is 2. The maximum absolute atomic E-state index is 11.8. The van der Waals surface area contributed by atoms with Crippen LogP contribution in [0.25, 0.3) is 6.08 Å². The Bertz CT molecular complexity index is 531. The van der Waals surface area contributed by atoms with Crippen molar-refractivity contribution in [3.8, 4) is 0 Å². The van der Waals surface area contributed by atoms with Gasteiger partial charge in [0.05, 0.1) is 5.92 Å². The summed E-state index contributed by atoms with van der Waals surface area (Å²) in [5.41, 5.74) is 0.961. The molecule has 2 N–H and O–H groups in total. The number of nitrogens with one attached hydrogen (secondary N) is 1. The summed E-state index contributed by atoms with van der Waals surface area (Å²) < 4.78 is 0.999. The molecule has 1 aromatic rings. The highest BCUT2D eigenvalue weighted by Gasteiger charge is 2.26. The Labute approximate surface area is 132 Å². The topological polar surface area (TPSA) is 66.4 Å². The van der Waals surface area contributed by atoms with Crippen LogP contribution in [0.15, 0.2) is 34.8 Å². The summed E-state index contributed by atoms with van der Waals surface area (Å²) in [7, 11) is 0. The fourth-order valence-electron chi connectivity index (χ4n) is 2.48. The molecule has 21 heavy (non-hydrogen) atoms. The number of rotatable bonds is 4. The fraction of sp³-hybridized carbons (Fsp3) is 0.375. The van der Waals surface area contributed by atoms with Gasteiger partial charge in [-0.25, -0.2) is 0 Å². The van der Waals surface area contributed by atoms with Gasteiger partial charge in [-0.2, -0.15) is 0 Å². The average Bonchev–Trinajstić information content (AvgIpc) is 2.47. The fourth-order valence-corrected chi connectivity index (χ4v) is 2.74. The van der Waals surface area contributed by atoms with Crippen LogP contribution < -0.4 is 5.32 Å². The number of aliphatic carboxylic acids is 1. The third kappa shape index (κ3) is 5.01. The zero-order valence-electron chi connectivity index (χ0n) is 11.6. The molecule has 0 heterocycles. The predicted molar refractivity (Wildman–Crippen MR) is 84.7 cm³/mol. The summed E-state index contributed by atoms with van der Waals surface area (Å²) in [5.74, 6) is -1.11. The number of hydrogen-bond donors (Lipinski definition) is 2. The molecule has 0 aromatic heterocycles. The van der Waals surface area contributed by atoms with Gasteiger partial charge in [0.1, 0.15) is 0 Å². The summed E-state index contributed by atoms with van der Waals surface area (Å²) in [6, 6.07) is 7.77. The highest BCUT2D eigenvalue weighted by Crippen LogP contribution is 2.24. The highest BCUT2D eigenvalue weighted by molar-refractivity contribution is 9.10. The lowest BCUT2D eigenvalue weighted by Crippen LogP contribution is -2.37. The number of halogens is 1. The molecule has 112 valence electrons. The zero-order chi connectivity index (χ0) is 15.2. The van der Waals surface area contributed by atoms with E-state index in [1.54, 1.807) is 6.08 Å². The van der Waals surface area contributed by atoms with Gasteiger partial charge in [-0.15, -0.1) is 0 Å². The van der Waals surface area contributed by atoms with Crippen LogP contribution in [0.5, 0.6) is 0 Å². The molecule has 0 aliphatic heterocycles. The minimum Gasteiger partial charge on any atom is -0.481 e. The second-order valence-electron chi connectivity index (χ2n) is 5.28. The lowest BCUT2D eigenvalue weighted by atomic mass is 9.86. The number of amides is 1. The van der Waals surface area contributed by atoms with Gasteiger partial charge in [-0.1, -0.05) is 28.1 Å². The van der Waals surface area contributed by atoms with Crippen molar-refractivity contribution in [1.29, 1.82) is 0 Å². The first kappa shape index (κ1) is 15.8. The Morgan fingerprint density at radius 3 is 2.33 bits per heavy atom. The normalized spacial score (nSPS) is 22.1. The van der Waals surface area contributed by atoms with E-state index in [0.717, 1.165) is 22.9 Å². The molecule has 0 spiro atoms. The molecule has 0 unspecified atom stereocenters. The van der Waals surface area contributed by atoms with Crippen LogP contribution in [0, 0.1) is 5.92 Å². The Hall–Kier alpha value is -1.62. The highest BCUT2D eigenvalue weighted by atomic mass is 79.9. The quantitative estimate of drug-likeness (QED) is 0.818. The Morgan fingerprint density at radius 1 is 1.14 bits per heavy atom. The minimum atomic E-state index is -0.727. The predicted octanol–water partition coefficient (Wildman–Crippen LogP) is 3.22. The molecule has 1 aliphatic rings. The molecule has 5 heteroatoms. The second-order valence-corrected chi connectivity index (χ2v) is 6.20. The van der Waals surface area contributed by atoms with Gasteiger partial charge >= 0.3 is 5.97 Å². The number of carboxylic acids is 1. The van der Waals surface area contributed by atoms with E-state index in [4.69, 9.17) is 5.11 Å². The maximum Gasteiger partial charge on any atom is 0.306 e. The summed E-state index contributed by atoms with van der Waals surface area (Å²) in [4.78, 5) is 22.7. The Balaban J connectivity index is 1.80. The molecule has 0 saturated heterocycles. The van der Waals surface area contributed by atoms with E-state index in [-0.39, 0.29) is 17.9 Å². The summed E-state index contributed by atoms with van der Waals surface area (Å²) >= 11 is 3.36. The first-order valence-corrected chi connectivity index (χ1v) is 7.81. The van der Waals surface area contributed by atoms with E-state index < -0.39 is 5.97 Å². The molecule has 1 saturated carbocycles. The van der Waals surface area contributed by atoms with E-state index in [2.05, 4.69) is 21.2 Å². The van der Waals surface area contributed by atoms with Crippen LogP contribution in [-0.4, -0.2) is 23.0 Å². The van der Waals surface area contributed by atoms with Crippen LogP contribution in [0.3, 0.4) is 0 Å². The van der Waals surface area contributed by atoms with Gasteiger partial charge in [0.25, 0.3) is 0 Å². The average molecular weight is 352 g/mol. The molecule has 1 amide bonds. The van der Waals surface area contributed by atoms with Crippen molar-refractivity contribution >= 4 is 33.9 Å². The van der Waals surface area contributed by atoms with Crippen molar-refractivity contribution in [1.82, 2.24) is 5.32 Å². The third-order valence-corrected chi connectivity index (χ3v) is 4.25. The SMILES string of the molecule is O=C(/C=C/c1ccc(Br)cc1)NC1CCC(C(=O)O)CC1. The number of carboxylic acid groups (broad SMARTS) is 1. The van der Waals surface area contributed by atoms with Crippen molar-refractivity contribution in [2.24, 2.45) is 5.92 Å². The number of carbonyl (C=O) groups excluding carboxylic acids is 1. The van der Waals surface area contributed by atoms with E-state index >= 15 is 0 Å². The maximum atomic E-state index is 11.8.